The molecular formula is C9H19ClN2O2S. The van der Waals surface area contributed by atoms with E-state index in [9.17, 15) is 8.42 Å². The van der Waals surface area contributed by atoms with Crippen LogP contribution >= 0.6 is 11.6 Å². The Morgan fingerprint density at radius 3 is 2.60 bits per heavy atom. The molecule has 1 atom stereocenters. The van der Waals surface area contributed by atoms with Crippen LogP contribution in [0.1, 0.15) is 12.8 Å². The Hall–Kier alpha value is 0.160. The molecule has 0 aromatic rings. The predicted molar refractivity (Wildman–Crippen MR) is 62.8 cm³/mol. The lowest BCUT2D eigenvalue weighted by atomic mass is 10.2. The summed E-state index contributed by atoms with van der Waals surface area (Å²) in [5, 5.41) is 0. The van der Waals surface area contributed by atoms with Gasteiger partial charge in [-0.05, 0) is 26.9 Å². The molecule has 15 heavy (non-hydrogen) atoms. The summed E-state index contributed by atoms with van der Waals surface area (Å²) < 4.78 is 25.2. The zero-order valence-corrected chi connectivity index (χ0v) is 10.9. The highest BCUT2D eigenvalue weighted by Gasteiger charge is 2.31. The van der Waals surface area contributed by atoms with Crippen LogP contribution in [0.3, 0.4) is 0 Å². The van der Waals surface area contributed by atoms with Crippen molar-refractivity contribution in [2.24, 2.45) is 0 Å². The molecule has 0 amide bonds. The smallest absolute Gasteiger partial charge is 0.214 e. The van der Waals surface area contributed by atoms with Gasteiger partial charge in [0.25, 0.3) is 0 Å². The van der Waals surface area contributed by atoms with Gasteiger partial charge in [-0.2, -0.15) is 0 Å². The predicted octanol–water partition coefficient (Wildman–Crippen LogP) is 0.581. The number of rotatable bonds is 5. The molecule has 0 aromatic carbocycles. The van der Waals surface area contributed by atoms with Gasteiger partial charge in [0.1, 0.15) is 0 Å². The molecule has 1 fully saturated rings. The first-order valence-corrected chi connectivity index (χ1v) is 7.32. The lowest BCUT2D eigenvalue weighted by molar-refractivity contribution is 0.302. The molecule has 4 nitrogen and oxygen atoms in total. The third-order valence-electron chi connectivity index (χ3n) is 2.79. The molecule has 0 saturated carbocycles. The quantitative estimate of drug-likeness (QED) is 0.674. The normalized spacial score (nSPS) is 23.9. The summed E-state index contributed by atoms with van der Waals surface area (Å²) in [6, 6.07) is 0.357. The van der Waals surface area contributed by atoms with Crippen molar-refractivity contribution in [1.82, 2.24) is 9.21 Å². The summed E-state index contributed by atoms with van der Waals surface area (Å²) in [6.07, 6.45) is 1.46. The van der Waals surface area contributed by atoms with Crippen molar-refractivity contribution >= 4 is 21.6 Å². The number of likely N-dealkylation sites (N-methyl/N-ethyl adjacent to an activating group) is 1. The van der Waals surface area contributed by atoms with Crippen LogP contribution in [0.15, 0.2) is 0 Å². The summed E-state index contributed by atoms with van der Waals surface area (Å²) in [5.41, 5.74) is 0. The number of halogens is 1. The van der Waals surface area contributed by atoms with Crippen molar-refractivity contribution < 1.29 is 8.42 Å². The van der Waals surface area contributed by atoms with Gasteiger partial charge in [-0.1, -0.05) is 0 Å². The van der Waals surface area contributed by atoms with E-state index in [1.807, 2.05) is 14.1 Å². The molecule has 90 valence electrons. The molecule has 0 N–H and O–H groups in total. The second-order valence-electron chi connectivity index (χ2n) is 4.12. The van der Waals surface area contributed by atoms with Crippen molar-refractivity contribution in [2.75, 3.05) is 38.8 Å². The molecule has 0 radical (unpaired) electrons. The minimum atomic E-state index is -3.07. The third-order valence-corrected chi connectivity index (χ3v) is 4.98. The molecule has 1 aliphatic rings. The van der Waals surface area contributed by atoms with Crippen molar-refractivity contribution in [3.05, 3.63) is 0 Å². The number of alkyl halides is 1. The fraction of sp³-hybridized carbons (Fsp3) is 1.00. The number of sulfonamides is 1. The average Bonchev–Trinajstić information content (AvgIpc) is 2.64. The zero-order valence-electron chi connectivity index (χ0n) is 9.32. The lowest BCUT2D eigenvalue weighted by Crippen LogP contribution is -2.35. The molecule has 1 unspecified atom stereocenters. The van der Waals surface area contributed by atoms with E-state index < -0.39 is 10.0 Å². The molecule has 1 saturated heterocycles. The molecule has 0 spiro atoms. The monoisotopic (exact) mass is 254 g/mol. The summed E-state index contributed by atoms with van der Waals surface area (Å²) in [7, 11) is 0.905. The van der Waals surface area contributed by atoms with Gasteiger partial charge in [-0.3, -0.25) is 0 Å². The van der Waals surface area contributed by atoms with Crippen LogP contribution in [-0.2, 0) is 10.0 Å². The number of hydrogen-bond acceptors (Lipinski definition) is 3. The van der Waals surface area contributed by atoms with Crippen molar-refractivity contribution in [2.45, 2.75) is 18.9 Å². The van der Waals surface area contributed by atoms with E-state index in [2.05, 4.69) is 4.90 Å². The maximum absolute atomic E-state index is 11.8. The maximum Gasteiger partial charge on any atom is 0.214 e. The fourth-order valence-electron chi connectivity index (χ4n) is 1.75. The molecule has 1 heterocycles. The van der Waals surface area contributed by atoms with Crippen LogP contribution in [0.2, 0.25) is 0 Å². The average molecular weight is 255 g/mol. The van der Waals surface area contributed by atoms with Crippen LogP contribution in [0.5, 0.6) is 0 Å². The summed E-state index contributed by atoms with van der Waals surface area (Å²) >= 11 is 5.50. The molecule has 0 aliphatic carbocycles. The summed E-state index contributed by atoms with van der Waals surface area (Å²) in [4.78, 5) is 2.08. The standard InChI is InChI=1S/C9H19ClN2O2S/c1-11(2)9-4-6-12(8-9)15(13,14)7-3-5-10/h9H,3-8H2,1-2H3. The van der Waals surface area contributed by atoms with Crippen LogP contribution in [0, 0.1) is 0 Å². The van der Waals surface area contributed by atoms with Gasteiger partial charge in [0.05, 0.1) is 5.75 Å². The van der Waals surface area contributed by atoms with E-state index >= 15 is 0 Å². The van der Waals surface area contributed by atoms with Gasteiger partial charge < -0.3 is 4.90 Å². The first-order chi connectivity index (χ1) is 6.97. The second kappa shape index (κ2) is 5.48. The van der Waals surface area contributed by atoms with Crippen LogP contribution in [0.25, 0.3) is 0 Å². The Labute approximate surface area is 97.2 Å². The zero-order chi connectivity index (χ0) is 11.5. The SMILES string of the molecule is CN(C)C1CCN(S(=O)(=O)CCCCl)C1. The molecule has 0 aromatic heterocycles. The highest BCUT2D eigenvalue weighted by molar-refractivity contribution is 7.89. The molecule has 0 bridgehead atoms. The Kier molecular flexibility index (Phi) is 4.83. The first kappa shape index (κ1) is 13.2. The van der Waals surface area contributed by atoms with E-state index in [1.165, 1.54) is 0 Å². The maximum atomic E-state index is 11.8. The molecule has 1 aliphatic heterocycles. The van der Waals surface area contributed by atoms with Gasteiger partial charge in [0.15, 0.2) is 0 Å². The van der Waals surface area contributed by atoms with Crippen LogP contribution in [0.4, 0.5) is 0 Å². The first-order valence-electron chi connectivity index (χ1n) is 5.17. The Balaban J connectivity index is 2.52. The molecule has 6 heteroatoms. The van der Waals surface area contributed by atoms with E-state index in [1.54, 1.807) is 4.31 Å². The number of nitrogens with zero attached hydrogens (tertiary/aromatic N) is 2. The highest BCUT2D eigenvalue weighted by atomic mass is 35.5. The van der Waals surface area contributed by atoms with E-state index in [-0.39, 0.29) is 5.75 Å². The van der Waals surface area contributed by atoms with Gasteiger partial charge >= 0.3 is 0 Å². The van der Waals surface area contributed by atoms with Crippen molar-refractivity contribution in [1.29, 1.82) is 0 Å². The molecule has 1 rings (SSSR count). The van der Waals surface area contributed by atoms with Crippen molar-refractivity contribution in [3.8, 4) is 0 Å². The molecular weight excluding hydrogens is 236 g/mol. The van der Waals surface area contributed by atoms with Crippen molar-refractivity contribution in [3.63, 3.8) is 0 Å². The topological polar surface area (TPSA) is 40.6 Å². The van der Waals surface area contributed by atoms with E-state index in [0.717, 1.165) is 6.42 Å². The Bertz CT molecular complexity index is 292. The van der Waals surface area contributed by atoms with Gasteiger partial charge in [0, 0.05) is 25.0 Å². The summed E-state index contributed by atoms with van der Waals surface area (Å²) in [6.45, 7) is 1.27. The Morgan fingerprint density at radius 2 is 2.13 bits per heavy atom. The van der Waals surface area contributed by atoms with Gasteiger partial charge in [-0.25, -0.2) is 12.7 Å². The third kappa shape index (κ3) is 3.59. The highest BCUT2D eigenvalue weighted by Crippen LogP contribution is 2.17. The lowest BCUT2D eigenvalue weighted by Gasteiger charge is -2.20. The largest absolute Gasteiger partial charge is 0.305 e. The Morgan fingerprint density at radius 1 is 1.47 bits per heavy atom. The van der Waals surface area contributed by atoms with Gasteiger partial charge in [-0.15, -0.1) is 11.6 Å². The minimum Gasteiger partial charge on any atom is -0.305 e. The van der Waals surface area contributed by atoms with Crippen LogP contribution in [-0.4, -0.2) is 62.5 Å². The second-order valence-corrected chi connectivity index (χ2v) is 6.59. The number of hydrogen-bond donors (Lipinski definition) is 0. The van der Waals surface area contributed by atoms with Gasteiger partial charge in [0.2, 0.25) is 10.0 Å². The van der Waals surface area contributed by atoms with Crippen LogP contribution < -0.4 is 0 Å². The fourth-order valence-corrected chi connectivity index (χ4v) is 3.59. The minimum absolute atomic E-state index is 0.177. The summed E-state index contributed by atoms with van der Waals surface area (Å²) in [5.74, 6) is 0.584. The van der Waals surface area contributed by atoms with E-state index in [0.29, 0.717) is 31.4 Å². The van der Waals surface area contributed by atoms with E-state index in [4.69, 9.17) is 11.6 Å².